The second kappa shape index (κ2) is 22.0. The van der Waals surface area contributed by atoms with E-state index in [2.05, 4.69) is 52.3 Å². The standard InChI is InChI=1S/C20H22N2O3.C19H19NO4.C4H8O.C2H6/c1-3-18(19(23)21-2)22-20(24)25-12-17-15-10-6-4-8-13(15)14-9-5-7-11-16(14)17;1-2-17(18(21)22)20-19(23)24-11-16-14-9-5-3-7-12(14)13-8-4-6-10-15(13)16;1-2-4-5-3-1;1-2/h4-11,17-18H,3,12H2,1-2H3,(H,21,23)(H,22,24);3-10,16-17H,2,11H2,1H3,(H,20,23)(H,21,22);1-4H2;1-2H3/t18-;17-;;/m00../s1. The molecule has 2 atom stereocenters. The van der Waals surface area contributed by atoms with E-state index in [4.69, 9.17) is 19.3 Å². The Morgan fingerprint density at radius 1 is 0.625 bits per heavy atom. The van der Waals surface area contributed by atoms with Crippen molar-refractivity contribution >= 4 is 24.1 Å². The lowest BCUT2D eigenvalue weighted by atomic mass is 9.98. The molecule has 2 aliphatic carbocycles. The fourth-order valence-electron chi connectivity index (χ4n) is 6.94. The third-order valence-corrected chi connectivity index (χ3v) is 9.78. The maximum absolute atomic E-state index is 12.1. The molecule has 11 heteroatoms. The first-order valence-corrected chi connectivity index (χ1v) is 19.5. The van der Waals surface area contributed by atoms with Crippen LogP contribution in [0.2, 0.25) is 0 Å². The number of ether oxygens (including phenoxy) is 3. The van der Waals surface area contributed by atoms with Crippen molar-refractivity contribution in [2.75, 3.05) is 33.5 Å². The van der Waals surface area contributed by atoms with Crippen molar-refractivity contribution < 1.29 is 38.5 Å². The third kappa shape index (κ3) is 11.0. The van der Waals surface area contributed by atoms with Gasteiger partial charge in [-0.05, 0) is 70.2 Å². The van der Waals surface area contributed by atoms with Crippen molar-refractivity contribution in [3.05, 3.63) is 119 Å². The van der Waals surface area contributed by atoms with Crippen LogP contribution < -0.4 is 16.0 Å². The summed E-state index contributed by atoms with van der Waals surface area (Å²) in [5.74, 6) is -1.31. The van der Waals surface area contributed by atoms with Gasteiger partial charge in [0, 0.05) is 32.1 Å². The molecule has 0 spiro atoms. The normalized spacial score (nSPS) is 14.2. The smallest absolute Gasteiger partial charge is 0.407 e. The van der Waals surface area contributed by atoms with Gasteiger partial charge in [0.15, 0.2) is 0 Å². The number of aliphatic carboxylic acids is 1. The van der Waals surface area contributed by atoms with Gasteiger partial charge in [0.25, 0.3) is 0 Å². The molecule has 7 rings (SSSR count). The highest BCUT2D eigenvalue weighted by molar-refractivity contribution is 5.85. The second-order valence-electron chi connectivity index (χ2n) is 13.1. The molecule has 3 aliphatic rings. The van der Waals surface area contributed by atoms with Crippen molar-refractivity contribution in [2.24, 2.45) is 0 Å². The quantitative estimate of drug-likeness (QED) is 0.126. The maximum atomic E-state index is 12.1. The van der Waals surface area contributed by atoms with E-state index in [-0.39, 0.29) is 31.0 Å². The van der Waals surface area contributed by atoms with Gasteiger partial charge in [-0.3, -0.25) is 4.79 Å². The first-order chi connectivity index (χ1) is 27.3. The molecule has 0 radical (unpaired) electrons. The molecule has 1 aliphatic heterocycles. The predicted molar refractivity (Wildman–Crippen MR) is 218 cm³/mol. The second-order valence-corrected chi connectivity index (χ2v) is 13.1. The third-order valence-electron chi connectivity index (χ3n) is 9.78. The molecule has 3 amide bonds. The minimum absolute atomic E-state index is 0.0122. The molecule has 1 fully saturated rings. The fraction of sp³-hybridized carbons (Fsp3) is 0.378. The Bertz CT molecular complexity index is 1810. The molecule has 56 heavy (non-hydrogen) atoms. The molecule has 0 saturated carbocycles. The van der Waals surface area contributed by atoms with E-state index in [9.17, 15) is 19.2 Å². The lowest BCUT2D eigenvalue weighted by Crippen LogP contribution is -2.45. The monoisotopic (exact) mass is 765 g/mol. The Balaban J connectivity index is 0.000000212. The Labute approximate surface area is 330 Å². The summed E-state index contributed by atoms with van der Waals surface area (Å²) in [6.45, 7) is 9.95. The minimum atomic E-state index is -1.06. The molecule has 0 aromatic heterocycles. The van der Waals surface area contributed by atoms with E-state index >= 15 is 0 Å². The van der Waals surface area contributed by atoms with E-state index in [1.54, 1.807) is 14.0 Å². The number of alkyl carbamates (subject to hydrolysis) is 2. The lowest BCUT2D eigenvalue weighted by molar-refractivity contribution is -0.139. The van der Waals surface area contributed by atoms with E-state index < -0.39 is 30.2 Å². The highest BCUT2D eigenvalue weighted by Gasteiger charge is 2.31. The molecule has 298 valence electrons. The van der Waals surface area contributed by atoms with Gasteiger partial charge in [0.05, 0.1) is 0 Å². The molecule has 0 unspecified atom stereocenters. The number of amides is 3. The van der Waals surface area contributed by atoms with Crippen molar-refractivity contribution in [3.63, 3.8) is 0 Å². The summed E-state index contributed by atoms with van der Waals surface area (Å²) in [6.07, 6.45) is 2.09. The number of carboxylic acid groups (broad SMARTS) is 1. The maximum Gasteiger partial charge on any atom is 0.407 e. The summed E-state index contributed by atoms with van der Waals surface area (Å²) < 4.78 is 15.7. The van der Waals surface area contributed by atoms with Gasteiger partial charge in [-0.25, -0.2) is 14.4 Å². The fourth-order valence-corrected chi connectivity index (χ4v) is 6.94. The van der Waals surface area contributed by atoms with Gasteiger partial charge in [0.2, 0.25) is 5.91 Å². The van der Waals surface area contributed by atoms with Gasteiger partial charge < -0.3 is 35.3 Å². The van der Waals surface area contributed by atoms with Crippen molar-refractivity contribution in [3.8, 4) is 22.3 Å². The molecular weight excluding hydrogens is 711 g/mol. The number of carbonyl (C=O) groups is 4. The molecule has 1 heterocycles. The summed E-state index contributed by atoms with van der Waals surface area (Å²) in [5.41, 5.74) is 9.24. The average Bonchev–Trinajstić information content (AvgIpc) is 4.00. The Kier molecular flexibility index (Phi) is 16.9. The van der Waals surface area contributed by atoms with Crippen LogP contribution >= 0.6 is 0 Å². The van der Waals surface area contributed by atoms with Gasteiger partial charge in [-0.2, -0.15) is 0 Å². The molecule has 4 aromatic carbocycles. The summed E-state index contributed by atoms with van der Waals surface area (Å²) in [4.78, 5) is 46.7. The number of carboxylic acids is 1. The van der Waals surface area contributed by atoms with E-state index in [0.29, 0.717) is 12.8 Å². The minimum Gasteiger partial charge on any atom is -0.480 e. The zero-order chi connectivity index (χ0) is 40.5. The zero-order valence-electron chi connectivity index (χ0n) is 33.0. The van der Waals surface area contributed by atoms with Crippen LogP contribution in [0.4, 0.5) is 9.59 Å². The Morgan fingerprint density at radius 3 is 1.25 bits per heavy atom. The number of rotatable bonds is 10. The Hall–Kier alpha value is -5.68. The summed E-state index contributed by atoms with van der Waals surface area (Å²) >= 11 is 0. The van der Waals surface area contributed by atoms with E-state index in [1.165, 1.54) is 24.0 Å². The molecule has 4 aromatic rings. The molecule has 4 N–H and O–H groups in total. The SMILES string of the molecule is C1CCOC1.CC.CC[C@H](NC(=O)OCC1c2ccccc2-c2ccccc21)C(=O)NC.CC[C@H](NC(=O)OCC1c2ccccc2-c2ccccc21)C(=O)O. The topological polar surface area (TPSA) is 152 Å². The van der Waals surface area contributed by atoms with Gasteiger partial charge in [0.1, 0.15) is 25.3 Å². The number of likely N-dealkylation sites (N-methyl/N-ethyl adjacent to an activating group) is 1. The Morgan fingerprint density at radius 2 is 0.964 bits per heavy atom. The van der Waals surface area contributed by atoms with Crippen molar-refractivity contribution in [1.29, 1.82) is 0 Å². The lowest BCUT2D eigenvalue weighted by Gasteiger charge is -2.18. The number of nitrogens with one attached hydrogen (secondary N) is 3. The molecule has 0 bridgehead atoms. The number of benzene rings is 4. The number of hydrogen-bond donors (Lipinski definition) is 4. The average molecular weight is 766 g/mol. The van der Waals surface area contributed by atoms with Crippen LogP contribution in [-0.2, 0) is 23.8 Å². The van der Waals surface area contributed by atoms with Crippen molar-refractivity contribution in [2.45, 2.75) is 77.3 Å². The summed E-state index contributed by atoms with van der Waals surface area (Å²) in [7, 11) is 1.55. The zero-order valence-corrected chi connectivity index (χ0v) is 33.0. The highest BCUT2D eigenvalue weighted by Crippen LogP contribution is 2.45. The van der Waals surface area contributed by atoms with Gasteiger partial charge in [-0.15, -0.1) is 0 Å². The van der Waals surface area contributed by atoms with Crippen LogP contribution in [0.25, 0.3) is 22.3 Å². The molecule has 11 nitrogen and oxygen atoms in total. The largest absolute Gasteiger partial charge is 0.480 e. The van der Waals surface area contributed by atoms with Gasteiger partial charge in [-0.1, -0.05) is 125 Å². The first-order valence-electron chi connectivity index (χ1n) is 19.5. The van der Waals surface area contributed by atoms with Crippen LogP contribution in [0.3, 0.4) is 0 Å². The predicted octanol–water partition coefficient (Wildman–Crippen LogP) is 8.26. The summed E-state index contributed by atoms with van der Waals surface area (Å²) in [5, 5.41) is 16.5. The van der Waals surface area contributed by atoms with Crippen LogP contribution in [0.5, 0.6) is 0 Å². The van der Waals surface area contributed by atoms with Crippen LogP contribution in [0.15, 0.2) is 97.1 Å². The molecular formula is C45H55N3O8. The number of hydrogen-bond acceptors (Lipinski definition) is 7. The van der Waals surface area contributed by atoms with E-state index in [0.717, 1.165) is 46.6 Å². The van der Waals surface area contributed by atoms with Crippen molar-refractivity contribution in [1.82, 2.24) is 16.0 Å². The highest BCUT2D eigenvalue weighted by atomic mass is 16.6. The van der Waals surface area contributed by atoms with E-state index in [1.807, 2.05) is 81.4 Å². The van der Waals surface area contributed by atoms with Crippen LogP contribution in [0, 0.1) is 0 Å². The number of fused-ring (bicyclic) bond motifs is 6. The van der Waals surface area contributed by atoms with Crippen LogP contribution in [-0.4, -0.2) is 74.7 Å². The molecule has 1 saturated heterocycles. The summed E-state index contributed by atoms with van der Waals surface area (Å²) in [6, 6.07) is 30.9. The van der Waals surface area contributed by atoms with Crippen LogP contribution in [0.1, 0.15) is 87.5 Å². The first kappa shape index (κ1) is 43.1. The number of carbonyl (C=O) groups excluding carboxylic acids is 3. The van der Waals surface area contributed by atoms with Gasteiger partial charge >= 0.3 is 18.2 Å².